The van der Waals surface area contributed by atoms with E-state index in [1.165, 1.54) is 44.9 Å². The van der Waals surface area contributed by atoms with Gasteiger partial charge < -0.3 is 10.1 Å². The first kappa shape index (κ1) is 15.3. The molecule has 2 nitrogen and oxygen atoms in total. The summed E-state index contributed by atoms with van der Waals surface area (Å²) in [6.45, 7) is 9.13. The van der Waals surface area contributed by atoms with Crippen molar-refractivity contribution in [3.8, 4) is 0 Å². The minimum Gasteiger partial charge on any atom is -0.376 e. The molecule has 0 aromatic carbocycles. The predicted octanol–water partition coefficient (Wildman–Crippen LogP) is 4.00. The molecule has 0 aliphatic heterocycles. The Morgan fingerprint density at radius 2 is 1.95 bits per heavy atom. The largest absolute Gasteiger partial charge is 0.376 e. The summed E-state index contributed by atoms with van der Waals surface area (Å²) in [5.74, 6) is 2.52. The zero-order valence-electron chi connectivity index (χ0n) is 13.2. The van der Waals surface area contributed by atoms with Crippen molar-refractivity contribution in [2.75, 3.05) is 13.2 Å². The second kappa shape index (κ2) is 7.64. The van der Waals surface area contributed by atoms with E-state index >= 15 is 0 Å². The van der Waals surface area contributed by atoms with Gasteiger partial charge in [-0.05, 0) is 50.0 Å². The normalized spacial score (nSPS) is 36.2. The van der Waals surface area contributed by atoms with E-state index in [1.807, 2.05) is 0 Å². The van der Waals surface area contributed by atoms with Crippen LogP contribution < -0.4 is 5.32 Å². The Morgan fingerprint density at radius 3 is 2.58 bits per heavy atom. The number of nitrogens with one attached hydrogen (secondary N) is 1. The van der Waals surface area contributed by atoms with Gasteiger partial charge in [-0.15, -0.1) is 0 Å². The van der Waals surface area contributed by atoms with Gasteiger partial charge in [-0.25, -0.2) is 0 Å². The molecule has 2 aliphatic carbocycles. The molecular weight excluding hydrogens is 234 g/mol. The molecule has 0 aromatic rings. The van der Waals surface area contributed by atoms with Crippen LogP contribution in [0.4, 0.5) is 0 Å². The van der Waals surface area contributed by atoms with Crippen LogP contribution in [-0.4, -0.2) is 25.3 Å². The van der Waals surface area contributed by atoms with Crippen molar-refractivity contribution in [3.05, 3.63) is 0 Å². The second-order valence-corrected chi connectivity index (χ2v) is 7.04. The van der Waals surface area contributed by atoms with Crippen LogP contribution in [0.5, 0.6) is 0 Å². The maximum atomic E-state index is 6.30. The number of hydrogen-bond acceptors (Lipinski definition) is 2. The molecule has 0 bridgehead atoms. The van der Waals surface area contributed by atoms with Crippen LogP contribution in [-0.2, 0) is 4.74 Å². The zero-order chi connectivity index (χ0) is 13.7. The predicted molar refractivity (Wildman–Crippen MR) is 81.3 cm³/mol. The summed E-state index contributed by atoms with van der Waals surface area (Å²) in [5, 5.41) is 3.72. The Kier molecular flexibility index (Phi) is 6.15. The van der Waals surface area contributed by atoms with Gasteiger partial charge >= 0.3 is 0 Å². The molecule has 0 spiro atoms. The highest BCUT2D eigenvalue weighted by Gasteiger charge is 2.34. The van der Waals surface area contributed by atoms with Gasteiger partial charge in [0.05, 0.1) is 6.10 Å². The molecule has 2 saturated carbocycles. The minimum atomic E-state index is 0.447. The van der Waals surface area contributed by atoms with E-state index in [9.17, 15) is 0 Å². The molecule has 19 heavy (non-hydrogen) atoms. The van der Waals surface area contributed by atoms with E-state index in [-0.39, 0.29) is 0 Å². The fourth-order valence-electron chi connectivity index (χ4n) is 3.79. The minimum absolute atomic E-state index is 0.447. The maximum Gasteiger partial charge on any atom is 0.0753 e. The van der Waals surface area contributed by atoms with Gasteiger partial charge in [0, 0.05) is 12.6 Å². The Hall–Kier alpha value is -0.0800. The molecule has 0 aromatic heterocycles. The van der Waals surface area contributed by atoms with Crippen molar-refractivity contribution in [1.29, 1.82) is 0 Å². The summed E-state index contributed by atoms with van der Waals surface area (Å²) in [7, 11) is 0. The van der Waals surface area contributed by atoms with Crippen molar-refractivity contribution >= 4 is 0 Å². The Bertz CT molecular complexity index is 252. The molecule has 2 heteroatoms. The molecule has 4 atom stereocenters. The molecule has 4 unspecified atom stereocenters. The average Bonchev–Trinajstić information content (AvgIpc) is 2.31. The van der Waals surface area contributed by atoms with Crippen molar-refractivity contribution in [1.82, 2.24) is 5.32 Å². The van der Waals surface area contributed by atoms with Crippen LogP contribution in [0.15, 0.2) is 0 Å². The van der Waals surface area contributed by atoms with E-state index in [0.29, 0.717) is 18.1 Å². The second-order valence-electron chi connectivity index (χ2n) is 7.04. The Morgan fingerprint density at radius 1 is 1.16 bits per heavy atom. The standard InChI is InChI=1S/C17H33NO/c1-4-9-18-16-12-13(2)11-14(3)17(16)19-10-8-15-6-5-7-15/h13-18H,4-12H2,1-3H3. The van der Waals surface area contributed by atoms with Crippen LogP contribution in [0.25, 0.3) is 0 Å². The summed E-state index contributed by atoms with van der Waals surface area (Å²) in [6, 6.07) is 0.583. The Labute approximate surface area is 119 Å². The quantitative estimate of drug-likeness (QED) is 0.753. The first-order chi connectivity index (χ1) is 9.20. The SMILES string of the molecule is CCCNC1CC(C)CC(C)C1OCCC1CCC1. The van der Waals surface area contributed by atoms with Crippen LogP contribution in [0.2, 0.25) is 0 Å². The van der Waals surface area contributed by atoms with Crippen LogP contribution in [0, 0.1) is 17.8 Å². The molecule has 0 saturated heterocycles. The molecular formula is C17H33NO. The van der Waals surface area contributed by atoms with Crippen molar-refractivity contribution in [3.63, 3.8) is 0 Å². The van der Waals surface area contributed by atoms with Gasteiger partial charge in [-0.3, -0.25) is 0 Å². The van der Waals surface area contributed by atoms with E-state index in [2.05, 4.69) is 26.1 Å². The van der Waals surface area contributed by atoms with E-state index in [0.717, 1.165) is 25.0 Å². The van der Waals surface area contributed by atoms with Gasteiger partial charge in [0.2, 0.25) is 0 Å². The van der Waals surface area contributed by atoms with E-state index in [4.69, 9.17) is 4.74 Å². The summed E-state index contributed by atoms with van der Waals surface area (Å²) in [4.78, 5) is 0. The van der Waals surface area contributed by atoms with Gasteiger partial charge in [-0.2, -0.15) is 0 Å². The van der Waals surface area contributed by atoms with Gasteiger partial charge in [0.15, 0.2) is 0 Å². The van der Waals surface area contributed by atoms with E-state index < -0.39 is 0 Å². The zero-order valence-corrected chi connectivity index (χ0v) is 13.2. The smallest absolute Gasteiger partial charge is 0.0753 e. The Balaban J connectivity index is 1.77. The maximum absolute atomic E-state index is 6.30. The first-order valence-corrected chi connectivity index (χ1v) is 8.55. The fourth-order valence-corrected chi connectivity index (χ4v) is 3.79. The highest BCUT2D eigenvalue weighted by atomic mass is 16.5. The number of ether oxygens (including phenoxy) is 1. The lowest BCUT2D eigenvalue weighted by Gasteiger charge is -2.40. The molecule has 2 aliphatic rings. The van der Waals surface area contributed by atoms with Crippen LogP contribution in [0.3, 0.4) is 0 Å². The molecule has 2 fully saturated rings. The molecule has 0 amide bonds. The van der Waals surface area contributed by atoms with Crippen LogP contribution >= 0.6 is 0 Å². The van der Waals surface area contributed by atoms with Gasteiger partial charge in [-0.1, -0.05) is 40.0 Å². The van der Waals surface area contributed by atoms with Crippen molar-refractivity contribution in [2.24, 2.45) is 17.8 Å². The van der Waals surface area contributed by atoms with Crippen molar-refractivity contribution in [2.45, 2.75) is 77.9 Å². The third-order valence-electron chi connectivity index (χ3n) is 5.11. The fraction of sp³-hybridized carbons (Fsp3) is 1.00. The molecule has 112 valence electrons. The van der Waals surface area contributed by atoms with Gasteiger partial charge in [0.25, 0.3) is 0 Å². The molecule has 1 N–H and O–H groups in total. The summed E-state index contributed by atoms with van der Waals surface area (Å²) in [6.07, 6.45) is 9.91. The highest BCUT2D eigenvalue weighted by Crippen LogP contribution is 2.33. The molecule has 2 rings (SSSR count). The summed E-state index contributed by atoms with van der Waals surface area (Å²) < 4.78 is 6.30. The first-order valence-electron chi connectivity index (χ1n) is 8.55. The molecule has 0 radical (unpaired) electrons. The van der Waals surface area contributed by atoms with Crippen LogP contribution in [0.1, 0.15) is 65.7 Å². The number of rotatable bonds is 7. The third-order valence-corrected chi connectivity index (χ3v) is 5.11. The highest BCUT2D eigenvalue weighted by molar-refractivity contribution is 4.88. The number of hydrogen-bond donors (Lipinski definition) is 1. The third kappa shape index (κ3) is 4.46. The lowest BCUT2D eigenvalue weighted by atomic mass is 9.78. The average molecular weight is 267 g/mol. The van der Waals surface area contributed by atoms with Gasteiger partial charge in [0.1, 0.15) is 0 Å². The summed E-state index contributed by atoms with van der Waals surface area (Å²) in [5.41, 5.74) is 0. The van der Waals surface area contributed by atoms with E-state index in [1.54, 1.807) is 0 Å². The summed E-state index contributed by atoms with van der Waals surface area (Å²) >= 11 is 0. The lowest BCUT2D eigenvalue weighted by Crippen LogP contribution is -2.49. The monoisotopic (exact) mass is 267 g/mol. The topological polar surface area (TPSA) is 21.3 Å². The lowest BCUT2D eigenvalue weighted by molar-refractivity contribution is -0.0442. The molecule has 0 heterocycles. The van der Waals surface area contributed by atoms with Crippen molar-refractivity contribution < 1.29 is 4.74 Å².